The van der Waals surface area contributed by atoms with Crippen molar-refractivity contribution in [3.8, 4) is 5.69 Å². The number of halogens is 1. The second-order valence-electron chi connectivity index (χ2n) is 4.57. The second kappa shape index (κ2) is 5.94. The van der Waals surface area contributed by atoms with Crippen molar-refractivity contribution < 1.29 is 4.79 Å². The quantitative estimate of drug-likeness (QED) is 0.754. The molecule has 0 radical (unpaired) electrons. The van der Waals surface area contributed by atoms with E-state index in [0.717, 1.165) is 11.4 Å². The number of nitrogens with one attached hydrogen (secondary N) is 2. The fourth-order valence-corrected chi connectivity index (χ4v) is 2.06. The van der Waals surface area contributed by atoms with E-state index >= 15 is 0 Å². The van der Waals surface area contributed by atoms with E-state index in [9.17, 15) is 4.79 Å². The van der Waals surface area contributed by atoms with Crippen molar-refractivity contribution in [3.63, 3.8) is 0 Å². The van der Waals surface area contributed by atoms with Gasteiger partial charge in [0.05, 0.1) is 12.2 Å². The third-order valence-electron chi connectivity index (χ3n) is 2.99. The highest BCUT2D eigenvalue weighted by molar-refractivity contribution is 6.30. The number of benzene rings is 1. The summed E-state index contributed by atoms with van der Waals surface area (Å²) in [6, 6.07) is 8.93. The largest absolute Gasteiger partial charge is 0.343 e. The topological polar surface area (TPSA) is 101 Å². The molecule has 0 fully saturated rings. The van der Waals surface area contributed by atoms with Gasteiger partial charge in [0.2, 0.25) is 0 Å². The molecule has 0 aliphatic carbocycles. The molecule has 3 rings (SSSR count). The third-order valence-corrected chi connectivity index (χ3v) is 3.24. The fraction of sp³-hybridized carbons (Fsp3) is 0.154. The summed E-state index contributed by atoms with van der Waals surface area (Å²) in [5, 5.41) is 20.9. The Balaban J connectivity index is 1.76. The molecule has 2 N–H and O–H groups in total. The first-order chi connectivity index (χ1) is 10.6. The minimum absolute atomic E-state index is 0.183. The van der Waals surface area contributed by atoms with Gasteiger partial charge in [0, 0.05) is 10.7 Å². The molecule has 22 heavy (non-hydrogen) atoms. The standard InChI is InChI=1S/C13H12ClN7O/c1-8-6-11(13(22)15-7-12-16-19-20-17-12)18-21(8)10-4-2-9(14)3-5-10/h2-6H,7H2,1H3,(H,15,22)(H,16,17,19,20). The molecular weight excluding hydrogens is 306 g/mol. The van der Waals surface area contributed by atoms with Crippen LogP contribution in [0.3, 0.4) is 0 Å². The lowest BCUT2D eigenvalue weighted by molar-refractivity contribution is 0.0944. The Morgan fingerprint density at radius 2 is 2.14 bits per heavy atom. The zero-order chi connectivity index (χ0) is 15.5. The number of tetrazole rings is 1. The smallest absolute Gasteiger partial charge is 0.272 e. The average Bonchev–Trinajstić information content (AvgIpc) is 3.15. The number of hydrogen-bond donors (Lipinski definition) is 2. The maximum Gasteiger partial charge on any atom is 0.272 e. The number of carbonyl (C=O) groups is 1. The highest BCUT2D eigenvalue weighted by atomic mass is 35.5. The molecule has 0 bridgehead atoms. The number of aromatic nitrogens is 6. The maximum atomic E-state index is 12.1. The van der Waals surface area contributed by atoms with Crippen LogP contribution >= 0.6 is 11.6 Å². The molecule has 0 spiro atoms. The summed E-state index contributed by atoms with van der Waals surface area (Å²) >= 11 is 5.87. The Bertz CT molecular complexity index is 779. The molecule has 0 saturated heterocycles. The van der Waals surface area contributed by atoms with Crippen LogP contribution in [0.4, 0.5) is 0 Å². The van der Waals surface area contributed by atoms with Crippen LogP contribution in [-0.4, -0.2) is 36.3 Å². The van der Waals surface area contributed by atoms with Crippen molar-refractivity contribution in [1.82, 2.24) is 35.7 Å². The third kappa shape index (κ3) is 2.96. The highest BCUT2D eigenvalue weighted by Gasteiger charge is 2.13. The van der Waals surface area contributed by atoms with Crippen LogP contribution in [0, 0.1) is 6.92 Å². The van der Waals surface area contributed by atoms with Gasteiger partial charge < -0.3 is 5.32 Å². The number of hydrogen-bond acceptors (Lipinski definition) is 5. The molecule has 0 aliphatic heterocycles. The van der Waals surface area contributed by atoms with Gasteiger partial charge in [-0.25, -0.2) is 4.68 Å². The Morgan fingerprint density at radius 3 is 2.82 bits per heavy atom. The van der Waals surface area contributed by atoms with Gasteiger partial charge in [-0.15, -0.1) is 10.2 Å². The van der Waals surface area contributed by atoms with Crippen molar-refractivity contribution in [2.24, 2.45) is 0 Å². The van der Waals surface area contributed by atoms with Crippen LogP contribution in [-0.2, 0) is 6.54 Å². The summed E-state index contributed by atoms with van der Waals surface area (Å²) in [5.41, 5.74) is 1.99. The Morgan fingerprint density at radius 1 is 1.36 bits per heavy atom. The number of rotatable bonds is 4. The summed E-state index contributed by atoms with van der Waals surface area (Å²) < 4.78 is 1.68. The molecule has 112 valence electrons. The summed E-state index contributed by atoms with van der Waals surface area (Å²) in [7, 11) is 0. The summed E-state index contributed by atoms with van der Waals surface area (Å²) in [6.45, 7) is 2.06. The molecule has 1 aromatic carbocycles. The number of nitrogens with zero attached hydrogens (tertiary/aromatic N) is 5. The summed E-state index contributed by atoms with van der Waals surface area (Å²) in [4.78, 5) is 12.1. The molecule has 2 aromatic heterocycles. The first-order valence-corrected chi connectivity index (χ1v) is 6.84. The van der Waals surface area contributed by atoms with Crippen molar-refractivity contribution in [3.05, 3.63) is 52.6 Å². The van der Waals surface area contributed by atoms with E-state index in [-0.39, 0.29) is 12.5 Å². The molecule has 8 nitrogen and oxygen atoms in total. The monoisotopic (exact) mass is 317 g/mol. The second-order valence-corrected chi connectivity index (χ2v) is 5.01. The Labute approximate surface area is 130 Å². The molecule has 1 amide bonds. The van der Waals surface area contributed by atoms with Crippen LogP contribution < -0.4 is 5.32 Å². The van der Waals surface area contributed by atoms with Gasteiger partial charge in [0.25, 0.3) is 5.91 Å². The first kappa shape index (κ1) is 14.2. The van der Waals surface area contributed by atoms with E-state index in [1.54, 1.807) is 22.9 Å². The van der Waals surface area contributed by atoms with Crippen molar-refractivity contribution in [1.29, 1.82) is 0 Å². The highest BCUT2D eigenvalue weighted by Crippen LogP contribution is 2.15. The molecular formula is C13H12ClN7O. The first-order valence-electron chi connectivity index (χ1n) is 6.46. The summed E-state index contributed by atoms with van der Waals surface area (Å²) in [6.07, 6.45) is 0. The molecule has 2 heterocycles. The van der Waals surface area contributed by atoms with Gasteiger partial charge in [-0.05, 0) is 37.3 Å². The van der Waals surface area contributed by atoms with Gasteiger partial charge in [-0.1, -0.05) is 16.8 Å². The van der Waals surface area contributed by atoms with E-state index in [0.29, 0.717) is 16.5 Å². The van der Waals surface area contributed by atoms with Crippen LogP contribution in [0.25, 0.3) is 5.69 Å². The molecule has 0 saturated carbocycles. The Hall–Kier alpha value is -2.74. The predicted molar refractivity (Wildman–Crippen MR) is 78.7 cm³/mol. The number of amides is 1. The van der Waals surface area contributed by atoms with Gasteiger partial charge in [-0.3, -0.25) is 4.79 Å². The normalized spacial score (nSPS) is 10.6. The lowest BCUT2D eigenvalue weighted by atomic mass is 10.3. The number of aromatic amines is 1. The SMILES string of the molecule is Cc1cc(C(=O)NCc2nn[nH]n2)nn1-c1ccc(Cl)cc1. The maximum absolute atomic E-state index is 12.1. The van der Waals surface area contributed by atoms with E-state index < -0.39 is 0 Å². The lowest BCUT2D eigenvalue weighted by Crippen LogP contribution is -2.24. The zero-order valence-electron chi connectivity index (χ0n) is 11.6. The fourth-order valence-electron chi connectivity index (χ4n) is 1.94. The minimum Gasteiger partial charge on any atom is -0.343 e. The minimum atomic E-state index is -0.305. The predicted octanol–water partition coefficient (Wildman–Crippen LogP) is 1.28. The molecule has 9 heteroatoms. The van der Waals surface area contributed by atoms with Crippen molar-refractivity contribution in [2.45, 2.75) is 13.5 Å². The zero-order valence-corrected chi connectivity index (χ0v) is 12.4. The van der Waals surface area contributed by atoms with E-state index in [1.807, 2.05) is 19.1 Å². The van der Waals surface area contributed by atoms with E-state index in [4.69, 9.17) is 11.6 Å². The van der Waals surface area contributed by atoms with Gasteiger partial charge >= 0.3 is 0 Å². The molecule has 0 unspecified atom stereocenters. The molecule has 0 atom stereocenters. The van der Waals surface area contributed by atoms with E-state index in [1.165, 1.54) is 0 Å². The van der Waals surface area contributed by atoms with Crippen LogP contribution in [0.2, 0.25) is 5.02 Å². The van der Waals surface area contributed by atoms with Crippen LogP contribution in [0.5, 0.6) is 0 Å². The average molecular weight is 318 g/mol. The summed E-state index contributed by atoms with van der Waals surface area (Å²) in [5.74, 6) is 0.0998. The van der Waals surface area contributed by atoms with Gasteiger partial charge in [0.15, 0.2) is 11.5 Å². The van der Waals surface area contributed by atoms with Crippen LogP contribution in [0.15, 0.2) is 30.3 Å². The molecule has 3 aromatic rings. The van der Waals surface area contributed by atoms with Crippen molar-refractivity contribution >= 4 is 17.5 Å². The lowest BCUT2D eigenvalue weighted by Gasteiger charge is -2.03. The number of H-pyrrole nitrogens is 1. The van der Waals surface area contributed by atoms with Gasteiger partial charge in [-0.2, -0.15) is 10.3 Å². The number of carbonyl (C=O) groups excluding carboxylic acids is 1. The van der Waals surface area contributed by atoms with Gasteiger partial charge in [0.1, 0.15) is 0 Å². The van der Waals surface area contributed by atoms with E-state index in [2.05, 4.69) is 31.0 Å². The Kier molecular flexibility index (Phi) is 3.84. The van der Waals surface area contributed by atoms with Crippen molar-refractivity contribution in [2.75, 3.05) is 0 Å². The molecule has 0 aliphatic rings. The number of aryl methyl sites for hydroxylation is 1. The van der Waals surface area contributed by atoms with Crippen LogP contribution in [0.1, 0.15) is 22.0 Å².